The van der Waals surface area contributed by atoms with E-state index >= 15 is 0 Å². The number of hydrogen-bond acceptors (Lipinski definition) is 9. The van der Waals surface area contributed by atoms with E-state index in [1.54, 1.807) is 66.7 Å². The Morgan fingerprint density at radius 2 is 1.06 bits per heavy atom. The average molecular weight is 492 g/mol. The van der Waals surface area contributed by atoms with Crippen molar-refractivity contribution in [3.63, 3.8) is 0 Å². The largest absolute Gasteiger partial charge is 0.459 e. The standard InChI is InChI=1S/C27H24O9/c28-21-20(16-33-24(29)17-10-4-1-5-11-17)34-27(32)23(36-26(31)19-14-8-3-9-15-19)22(21)35-25(30)18-12-6-2-7-13-18/h1-15,20-23,27-28,32H,16H2/t20-,21+,22-,23+,27+/m1/s1. The van der Waals surface area contributed by atoms with Crippen molar-refractivity contribution in [2.45, 2.75) is 30.7 Å². The van der Waals surface area contributed by atoms with E-state index in [9.17, 15) is 24.6 Å². The van der Waals surface area contributed by atoms with Gasteiger partial charge in [0.25, 0.3) is 0 Å². The minimum absolute atomic E-state index is 0.186. The summed E-state index contributed by atoms with van der Waals surface area (Å²) >= 11 is 0. The predicted octanol–water partition coefficient (Wildman–Crippen LogP) is 2.37. The lowest BCUT2D eigenvalue weighted by atomic mass is 9.98. The highest BCUT2D eigenvalue weighted by Crippen LogP contribution is 2.27. The van der Waals surface area contributed by atoms with Crippen molar-refractivity contribution < 1.29 is 43.5 Å². The molecule has 0 unspecified atom stereocenters. The second kappa shape index (κ2) is 11.6. The highest BCUT2D eigenvalue weighted by Gasteiger charge is 2.50. The van der Waals surface area contributed by atoms with Crippen LogP contribution in [0.4, 0.5) is 0 Å². The van der Waals surface area contributed by atoms with Crippen LogP contribution in [0.1, 0.15) is 31.1 Å². The van der Waals surface area contributed by atoms with Crippen molar-refractivity contribution in [3.05, 3.63) is 108 Å². The molecule has 1 heterocycles. The molecule has 0 bridgehead atoms. The quantitative estimate of drug-likeness (QED) is 0.377. The number of rotatable bonds is 7. The first-order valence-electron chi connectivity index (χ1n) is 11.2. The van der Waals surface area contributed by atoms with E-state index in [-0.39, 0.29) is 16.7 Å². The number of hydrogen-bond donors (Lipinski definition) is 2. The first-order chi connectivity index (χ1) is 17.4. The van der Waals surface area contributed by atoms with Gasteiger partial charge < -0.3 is 29.2 Å². The van der Waals surface area contributed by atoms with Crippen molar-refractivity contribution in [1.29, 1.82) is 0 Å². The molecular weight excluding hydrogens is 468 g/mol. The average Bonchev–Trinajstić information content (AvgIpc) is 2.92. The highest BCUT2D eigenvalue weighted by molar-refractivity contribution is 5.90. The predicted molar refractivity (Wildman–Crippen MR) is 125 cm³/mol. The molecule has 0 radical (unpaired) electrons. The molecule has 5 atom stereocenters. The van der Waals surface area contributed by atoms with Crippen molar-refractivity contribution in [2.75, 3.05) is 6.61 Å². The Hall–Kier alpha value is -4.05. The van der Waals surface area contributed by atoms with Gasteiger partial charge in [0.15, 0.2) is 18.5 Å². The molecule has 186 valence electrons. The van der Waals surface area contributed by atoms with E-state index in [2.05, 4.69) is 0 Å². The number of aliphatic hydroxyl groups excluding tert-OH is 2. The van der Waals surface area contributed by atoms with Gasteiger partial charge in [-0.25, -0.2) is 14.4 Å². The van der Waals surface area contributed by atoms with Gasteiger partial charge >= 0.3 is 17.9 Å². The van der Waals surface area contributed by atoms with Gasteiger partial charge in [-0.15, -0.1) is 0 Å². The smallest absolute Gasteiger partial charge is 0.338 e. The molecule has 3 aromatic carbocycles. The number of esters is 3. The van der Waals surface area contributed by atoms with E-state index in [0.717, 1.165) is 0 Å². The van der Waals surface area contributed by atoms with E-state index in [1.165, 1.54) is 24.3 Å². The Morgan fingerprint density at radius 3 is 1.53 bits per heavy atom. The van der Waals surface area contributed by atoms with E-state index in [4.69, 9.17) is 18.9 Å². The van der Waals surface area contributed by atoms with Gasteiger partial charge in [-0.1, -0.05) is 54.6 Å². The van der Waals surface area contributed by atoms with Gasteiger partial charge in [-0.2, -0.15) is 0 Å². The molecule has 3 aromatic rings. The second-order valence-electron chi connectivity index (χ2n) is 7.99. The molecule has 0 saturated carbocycles. The fourth-order valence-corrected chi connectivity index (χ4v) is 3.65. The summed E-state index contributed by atoms with van der Waals surface area (Å²) < 4.78 is 21.5. The summed E-state index contributed by atoms with van der Waals surface area (Å²) in [7, 11) is 0. The molecule has 9 heteroatoms. The molecule has 4 rings (SSSR count). The minimum atomic E-state index is -1.78. The summed E-state index contributed by atoms with van der Waals surface area (Å²) in [5.74, 6) is -2.30. The third kappa shape index (κ3) is 5.95. The van der Waals surface area contributed by atoms with Gasteiger partial charge in [0.2, 0.25) is 0 Å². The maximum Gasteiger partial charge on any atom is 0.338 e. The van der Waals surface area contributed by atoms with E-state index < -0.39 is 55.2 Å². The SMILES string of the molecule is O=C(OC[C@H]1O[C@H](O)[C@@H](OC(=O)c2ccccc2)[C@H](OC(=O)c2ccccc2)[C@H]1O)c1ccccc1. The summed E-state index contributed by atoms with van der Waals surface area (Å²) in [5.41, 5.74) is 0.655. The van der Waals surface area contributed by atoms with Gasteiger partial charge in [0.1, 0.15) is 18.8 Å². The lowest BCUT2D eigenvalue weighted by Gasteiger charge is -2.41. The maximum absolute atomic E-state index is 12.7. The van der Waals surface area contributed by atoms with Gasteiger partial charge in [-0.3, -0.25) is 0 Å². The highest BCUT2D eigenvalue weighted by atomic mass is 16.7. The van der Waals surface area contributed by atoms with Crippen LogP contribution in [0.3, 0.4) is 0 Å². The fraction of sp³-hybridized carbons (Fsp3) is 0.222. The normalized spacial score (nSPS) is 23.3. The van der Waals surface area contributed by atoms with Crippen LogP contribution in [-0.2, 0) is 18.9 Å². The zero-order chi connectivity index (χ0) is 25.5. The summed E-state index contributed by atoms with van der Waals surface area (Å²) in [4.78, 5) is 37.7. The molecular formula is C27H24O9. The zero-order valence-corrected chi connectivity index (χ0v) is 19.0. The lowest BCUT2D eigenvalue weighted by Crippen LogP contribution is -2.61. The first kappa shape index (κ1) is 25.1. The minimum Gasteiger partial charge on any atom is -0.459 e. The molecule has 2 N–H and O–H groups in total. The molecule has 1 aliphatic rings. The maximum atomic E-state index is 12.7. The van der Waals surface area contributed by atoms with Crippen LogP contribution >= 0.6 is 0 Å². The lowest BCUT2D eigenvalue weighted by molar-refractivity contribution is -0.284. The summed E-state index contributed by atoms with van der Waals surface area (Å²) in [6, 6.07) is 24.1. The summed E-state index contributed by atoms with van der Waals surface area (Å²) in [5, 5.41) is 21.6. The van der Waals surface area contributed by atoms with E-state index in [1.807, 2.05) is 0 Å². The zero-order valence-electron chi connectivity index (χ0n) is 19.0. The Balaban J connectivity index is 1.52. The van der Waals surface area contributed by atoms with Crippen LogP contribution in [0.2, 0.25) is 0 Å². The number of benzene rings is 3. The number of aliphatic hydroxyl groups is 2. The van der Waals surface area contributed by atoms with Crippen LogP contribution in [-0.4, -0.2) is 65.4 Å². The molecule has 0 aliphatic carbocycles. The molecule has 0 spiro atoms. The van der Waals surface area contributed by atoms with E-state index in [0.29, 0.717) is 0 Å². The molecule has 1 saturated heterocycles. The van der Waals surface area contributed by atoms with Crippen LogP contribution < -0.4 is 0 Å². The van der Waals surface area contributed by atoms with Crippen LogP contribution in [0.5, 0.6) is 0 Å². The van der Waals surface area contributed by atoms with Gasteiger partial charge in [-0.05, 0) is 36.4 Å². The Labute approximate surface area is 206 Å². The van der Waals surface area contributed by atoms with Gasteiger partial charge in [0, 0.05) is 0 Å². The van der Waals surface area contributed by atoms with Gasteiger partial charge in [0.05, 0.1) is 16.7 Å². The molecule has 0 amide bonds. The Kier molecular flexibility index (Phi) is 8.06. The van der Waals surface area contributed by atoms with Crippen molar-refractivity contribution in [1.82, 2.24) is 0 Å². The Bertz CT molecular complexity index is 1170. The number of carbonyl (C=O) groups is 3. The van der Waals surface area contributed by atoms with Crippen molar-refractivity contribution in [2.24, 2.45) is 0 Å². The molecule has 0 aromatic heterocycles. The monoisotopic (exact) mass is 492 g/mol. The van der Waals surface area contributed by atoms with Crippen molar-refractivity contribution >= 4 is 17.9 Å². The Morgan fingerprint density at radius 1 is 0.639 bits per heavy atom. The summed E-state index contributed by atoms with van der Waals surface area (Å²) in [6.07, 6.45) is -7.72. The first-order valence-corrected chi connectivity index (χ1v) is 11.2. The third-order valence-electron chi connectivity index (χ3n) is 5.53. The number of ether oxygens (including phenoxy) is 4. The molecule has 1 aliphatic heterocycles. The van der Waals surface area contributed by atoms with Crippen LogP contribution in [0.15, 0.2) is 91.0 Å². The van der Waals surface area contributed by atoms with Crippen LogP contribution in [0.25, 0.3) is 0 Å². The molecule has 9 nitrogen and oxygen atoms in total. The third-order valence-corrected chi connectivity index (χ3v) is 5.53. The van der Waals surface area contributed by atoms with Crippen molar-refractivity contribution in [3.8, 4) is 0 Å². The molecule has 1 fully saturated rings. The molecule has 36 heavy (non-hydrogen) atoms. The summed E-state index contributed by atoms with van der Waals surface area (Å²) in [6.45, 7) is -0.454. The topological polar surface area (TPSA) is 129 Å². The van der Waals surface area contributed by atoms with Crippen LogP contribution in [0, 0.1) is 0 Å². The second-order valence-corrected chi connectivity index (χ2v) is 7.99. The fourth-order valence-electron chi connectivity index (χ4n) is 3.65. The number of carbonyl (C=O) groups excluding carboxylic acids is 3.